The zero-order chi connectivity index (χ0) is 10.8. The molecular weight excluding hydrogens is 203 g/mol. The van der Waals surface area contributed by atoms with Crippen LogP contribution in [0, 0.1) is 15.9 Å². The van der Waals surface area contributed by atoms with Gasteiger partial charge in [0.2, 0.25) is 0 Å². The molecule has 0 atom stereocenters. The van der Waals surface area contributed by atoms with Crippen LogP contribution in [-0.2, 0) is 4.74 Å². The Kier molecular flexibility index (Phi) is 2.51. The van der Waals surface area contributed by atoms with E-state index in [-0.39, 0.29) is 17.4 Å². The fraction of sp³-hybridized carbons (Fsp3) is 0.333. The molecule has 1 N–H and O–H groups in total. The van der Waals surface area contributed by atoms with E-state index >= 15 is 0 Å². The van der Waals surface area contributed by atoms with E-state index in [1.165, 1.54) is 0 Å². The van der Waals surface area contributed by atoms with E-state index in [0.29, 0.717) is 13.2 Å². The van der Waals surface area contributed by atoms with Gasteiger partial charge in [-0.15, -0.1) is 0 Å². The van der Waals surface area contributed by atoms with Crippen LogP contribution in [0.5, 0.6) is 0 Å². The third-order valence-electron chi connectivity index (χ3n) is 2.15. The van der Waals surface area contributed by atoms with Crippen molar-refractivity contribution in [1.82, 2.24) is 0 Å². The largest absolute Gasteiger partial charge is 0.377 e. The molecule has 0 unspecified atom stereocenters. The van der Waals surface area contributed by atoms with Crippen LogP contribution in [0.1, 0.15) is 0 Å². The molecule has 1 aromatic carbocycles. The monoisotopic (exact) mass is 212 g/mol. The van der Waals surface area contributed by atoms with Crippen molar-refractivity contribution >= 4 is 11.4 Å². The number of nitro groups is 1. The van der Waals surface area contributed by atoms with Gasteiger partial charge in [0, 0.05) is 12.1 Å². The second kappa shape index (κ2) is 3.82. The molecule has 0 aliphatic carbocycles. The van der Waals surface area contributed by atoms with E-state index in [0.717, 1.165) is 18.2 Å². The van der Waals surface area contributed by atoms with Crippen LogP contribution in [0.2, 0.25) is 0 Å². The van der Waals surface area contributed by atoms with Crippen molar-refractivity contribution < 1.29 is 14.1 Å². The number of ether oxygens (including phenoxy) is 1. The average molecular weight is 212 g/mol. The van der Waals surface area contributed by atoms with Gasteiger partial charge >= 0.3 is 0 Å². The van der Waals surface area contributed by atoms with Crippen LogP contribution in [0.15, 0.2) is 18.2 Å². The summed E-state index contributed by atoms with van der Waals surface area (Å²) in [6.45, 7) is 0.987. The molecule has 1 aromatic rings. The molecule has 0 aromatic heterocycles. The van der Waals surface area contributed by atoms with Gasteiger partial charge in [0.05, 0.1) is 24.2 Å². The summed E-state index contributed by atoms with van der Waals surface area (Å²) >= 11 is 0. The third-order valence-corrected chi connectivity index (χ3v) is 2.15. The van der Waals surface area contributed by atoms with Crippen molar-refractivity contribution in [3.05, 3.63) is 34.1 Å². The lowest BCUT2D eigenvalue weighted by Crippen LogP contribution is -2.40. The van der Waals surface area contributed by atoms with Gasteiger partial charge in [-0.2, -0.15) is 0 Å². The number of nitrogens with one attached hydrogen (secondary N) is 1. The van der Waals surface area contributed by atoms with Gasteiger partial charge in [-0.3, -0.25) is 10.1 Å². The highest BCUT2D eigenvalue weighted by Crippen LogP contribution is 2.26. The Morgan fingerprint density at radius 1 is 1.53 bits per heavy atom. The molecule has 1 fully saturated rings. The highest BCUT2D eigenvalue weighted by Gasteiger charge is 2.22. The highest BCUT2D eigenvalue weighted by atomic mass is 19.1. The molecule has 1 saturated heterocycles. The Morgan fingerprint density at radius 2 is 2.27 bits per heavy atom. The van der Waals surface area contributed by atoms with Crippen LogP contribution >= 0.6 is 0 Å². The minimum atomic E-state index is -0.540. The van der Waals surface area contributed by atoms with Crippen LogP contribution in [-0.4, -0.2) is 24.2 Å². The lowest BCUT2D eigenvalue weighted by Gasteiger charge is -2.27. The summed E-state index contributed by atoms with van der Waals surface area (Å²) in [5.41, 5.74) is 0.0802. The number of benzene rings is 1. The lowest BCUT2D eigenvalue weighted by molar-refractivity contribution is -0.384. The van der Waals surface area contributed by atoms with Gasteiger partial charge < -0.3 is 10.1 Å². The molecule has 2 rings (SSSR count). The molecule has 0 saturated carbocycles. The predicted octanol–water partition coefficient (Wildman–Crippen LogP) is 1.54. The van der Waals surface area contributed by atoms with E-state index < -0.39 is 10.7 Å². The summed E-state index contributed by atoms with van der Waals surface area (Å²) in [5.74, 6) is -0.497. The first-order valence-electron chi connectivity index (χ1n) is 4.45. The van der Waals surface area contributed by atoms with Gasteiger partial charge in [0.15, 0.2) is 0 Å². The normalized spacial score (nSPS) is 15.8. The maximum atomic E-state index is 12.9. The minimum Gasteiger partial charge on any atom is -0.377 e. The first kappa shape index (κ1) is 9.85. The van der Waals surface area contributed by atoms with Crippen molar-refractivity contribution in [2.24, 2.45) is 0 Å². The maximum Gasteiger partial charge on any atom is 0.292 e. The maximum absolute atomic E-state index is 12.9. The van der Waals surface area contributed by atoms with E-state index in [2.05, 4.69) is 5.32 Å². The summed E-state index contributed by atoms with van der Waals surface area (Å²) in [7, 11) is 0. The fourth-order valence-electron chi connectivity index (χ4n) is 1.32. The molecule has 1 heterocycles. The SMILES string of the molecule is O=[N+]([O-])c1ccc(F)cc1NC1COC1. The van der Waals surface area contributed by atoms with Crippen molar-refractivity contribution in [2.45, 2.75) is 6.04 Å². The van der Waals surface area contributed by atoms with E-state index in [4.69, 9.17) is 4.74 Å². The molecule has 1 aliphatic heterocycles. The molecule has 0 radical (unpaired) electrons. The number of hydrogen-bond acceptors (Lipinski definition) is 4. The van der Waals surface area contributed by atoms with Gasteiger partial charge in [-0.1, -0.05) is 0 Å². The first-order chi connectivity index (χ1) is 7.16. The van der Waals surface area contributed by atoms with Crippen LogP contribution < -0.4 is 5.32 Å². The van der Waals surface area contributed by atoms with Crippen molar-refractivity contribution in [3.63, 3.8) is 0 Å². The number of nitro benzene ring substituents is 1. The number of hydrogen-bond donors (Lipinski definition) is 1. The van der Waals surface area contributed by atoms with Crippen LogP contribution in [0.3, 0.4) is 0 Å². The first-order valence-corrected chi connectivity index (χ1v) is 4.45. The zero-order valence-electron chi connectivity index (χ0n) is 7.77. The van der Waals surface area contributed by atoms with Gasteiger partial charge in [-0.25, -0.2) is 4.39 Å². The number of rotatable bonds is 3. The summed E-state index contributed by atoms with van der Waals surface area (Å²) in [6.07, 6.45) is 0. The molecule has 5 nitrogen and oxygen atoms in total. The zero-order valence-corrected chi connectivity index (χ0v) is 7.77. The minimum absolute atomic E-state index is 0.0329. The molecule has 0 amide bonds. The van der Waals surface area contributed by atoms with Crippen molar-refractivity contribution in [1.29, 1.82) is 0 Å². The van der Waals surface area contributed by atoms with Gasteiger partial charge in [-0.05, 0) is 6.07 Å². The Morgan fingerprint density at radius 3 is 2.80 bits per heavy atom. The van der Waals surface area contributed by atoms with Crippen LogP contribution in [0.4, 0.5) is 15.8 Å². The molecule has 6 heteroatoms. The quantitative estimate of drug-likeness (QED) is 0.609. The summed E-state index contributed by atoms with van der Waals surface area (Å²) in [6, 6.07) is 3.37. The molecule has 80 valence electrons. The predicted molar refractivity (Wildman–Crippen MR) is 51.3 cm³/mol. The summed E-state index contributed by atoms with van der Waals surface area (Å²) < 4.78 is 17.8. The Balaban J connectivity index is 2.24. The van der Waals surface area contributed by atoms with E-state index in [1.807, 2.05) is 0 Å². The topological polar surface area (TPSA) is 64.4 Å². The number of nitrogens with zero attached hydrogens (tertiary/aromatic N) is 1. The molecular formula is C9H9FN2O3. The van der Waals surface area contributed by atoms with Crippen molar-refractivity contribution in [3.8, 4) is 0 Å². The highest BCUT2D eigenvalue weighted by molar-refractivity contribution is 5.62. The van der Waals surface area contributed by atoms with Gasteiger partial charge in [0.25, 0.3) is 5.69 Å². The van der Waals surface area contributed by atoms with Crippen LogP contribution in [0.25, 0.3) is 0 Å². The lowest BCUT2D eigenvalue weighted by atomic mass is 10.2. The Labute approximate surface area is 85.0 Å². The molecule has 15 heavy (non-hydrogen) atoms. The second-order valence-corrected chi connectivity index (χ2v) is 3.30. The number of anilines is 1. The molecule has 0 bridgehead atoms. The molecule has 0 spiro atoms. The fourth-order valence-corrected chi connectivity index (χ4v) is 1.32. The average Bonchev–Trinajstić information content (AvgIpc) is 2.11. The summed E-state index contributed by atoms with van der Waals surface area (Å²) in [4.78, 5) is 10.1. The van der Waals surface area contributed by atoms with E-state index in [1.54, 1.807) is 0 Å². The Bertz CT molecular complexity index is 393. The number of halogens is 1. The van der Waals surface area contributed by atoms with Gasteiger partial charge in [0.1, 0.15) is 11.5 Å². The summed E-state index contributed by atoms with van der Waals surface area (Å²) in [5, 5.41) is 13.5. The van der Waals surface area contributed by atoms with E-state index in [9.17, 15) is 14.5 Å². The Hall–Kier alpha value is -1.69. The standard InChI is InChI=1S/C9H9FN2O3/c10-6-1-2-9(12(13)14)8(3-6)11-7-4-15-5-7/h1-3,7,11H,4-5H2. The molecule has 1 aliphatic rings. The van der Waals surface area contributed by atoms with Crippen molar-refractivity contribution in [2.75, 3.05) is 18.5 Å². The second-order valence-electron chi connectivity index (χ2n) is 3.30. The third kappa shape index (κ3) is 2.04. The smallest absolute Gasteiger partial charge is 0.292 e.